The van der Waals surface area contributed by atoms with Crippen LogP contribution >= 0.6 is 11.3 Å². The Balaban J connectivity index is 1.67. The molecule has 7 heteroatoms. The predicted molar refractivity (Wildman–Crippen MR) is 81.5 cm³/mol. The molecule has 0 saturated heterocycles. The Bertz CT molecular complexity index is 718. The first-order valence-corrected chi connectivity index (χ1v) is 7.13. The Morgan fingerprint density at radius 3 is 2.86 bits per heavy atom. The molecule has 1 aromatic carbocycles. The van der Waals surface area contributed by atoms with Crippen molar-refractivity contribution < 1.29 is 4.74 Å². The number of nitrogens with zero attached hydrogens (tertiary/aromatic N) is 5. The summed E-state index contributed by atoms with van der Waals surface area (Å²) in [6.45, 7) is 0.614. The van der Waals surface area contributed by atoms with E-state index in [0.717, 1.165) is 16.3 Å². The summed E-state index contributed by atoms with van der Waals surface area (Å²) in [5.74, 6) is 0.824. The van der Waals surface area contributed by atoms with Crippen LogP contribution in [0, 0.1) is 0 Å². The summed E-state index contributed by atoms with van der Waals surface area (Å²) >= 11 is 1.45. The molecule has 0 saturated carbocycles. The molecule has 2 heterocycles. The van der Waals surface area contributed by atoms with Gasteiger partial charge in [0.1, 0.15) is 10.8 Å². The van der Waals surface area contributed by atoms with Gasteiger partial charge in [0.15, 0.2) is 0 Å². The van der Waals surface area contributed by atoms with E-state index in [1.165, 1.54) is 11.3 Å². The van der Waals surface area contributed by atoms with Crippen molar-refractivity contribution in [2.24, 2.45) is 4.99 Å². The quantitative estimate of drug-likeness (QED) is 0.679. The van der Waals surface area contributed by atoms with E-state index in [4.69, 9.17) is 4.74 Å². The first-order chi connectivity index (χ1) is 10.3. The third kappa shape index (κ3) is 3.51. The summed E-state index contributed by atoms with van der Waals surface area (Å²) in [4.78, 5) is 4.33. The van der Waals surface area contributed by atoms with Crippen molar-refractivity contribution in [3.8, 4) is 5.75 Å². The van der Waals surface area contributed by atoms with Crippen LogP contribution in [0.4, 0.5) is 5.13 Å². The number of hydrogen-bond donors (Lipinski definition) is 0. The summed E-state index contributed by atoms with van der Waals surface area (Å²) in [6, 6.07) is 9.54. The Kier molecular flexibility index (Phi) is 4.02. The molecule has 0 aliphatic carbocycles. The van der Waals surface area contributed by atoms with Crippen LogP contribution < -0.4 is 4.74 Å². The van der Waals surface area contributed by atoms with Gasteiger partial charge in [-0.15, -0.1) is 10.2 Å². The van der Waals surface area contributed by atoms with Gasteiger partial charge < -0.3 is 4.74 Å². The largest absolute Gasteiger partial charge is 0.497 e. The Morgan fingerprint density at radius 2 is 2.14 bits per heavy atom. The van der Waals surface area contributed by atoms with Gasteiger partial charge >= 0.3 is 0 Å². The number of rotatable bonds is 5. The highest BCUT2D eigenvalue weighted by molar-refractivity contribution is 7.14. The van der Waals surface area contributed by atoms with Crippen LogP contribution in [-0.4, -0.2) is 33.3 Å². The third-order valence-electron chi connectivity index (χ3n) is 2.75. The highest BCUT2D eigenvalue weighted by atomic mass is 32.1. The molecule has 0 aliphatic heterocycles. The number of benzene rings is 1. The summed E-state index contributed by atoms with van der Waals surface area (Å²) in [5, 5.41) is 13.8. The Hall–Kier alpha value is -2.54. The smallest absolute Gasteiger partial charge is 0.231 e. The minimum atomic E-state index is 0.614. The van der Waals surface area contributed by atoms with Gasteiger partial charge in [-0.1, -0.05) is 11.3 Å². The molecule has 106 valence electrons. The zero-order chi connectivity index (χ0) is 14.5. The summed E-state index contributed by atoms with van der Waals surface area (Å²) in [6.07, 6.45) is 5.39. The van der Waals surface area contributed by atoms with Crippen molar-refractivity contribution in [2.45, 2.75) is 6.54 Å². The fraction of sp³-hybridized carbons (Fsp3) is 0.143. The minimum Gasteiger partial charge on any atom is -0.497 e. The van der Waals surface area contributed by atoms with Crippen molar-refractivity contribution in [2.75, 3.05) is 7.11 Å². The lowest BCUT2D eigenvalue weighted by atomic mass is 10.2. The Morgan fingerprint density at radius 1 is 1.29 bits per heavy atom. The van der Waals surface area contributed by atoms with Gasteiger partial charge in [0, 0.05) is 18.6 Å². The maximum Gasteiger partial charge on any atom is 0.231 e. The second-order valence-electron chi connectivity index (χ2n) is 4.21. The van der Waals surface area contributed by atoms with Gasteiger partial charge in [0.05, 0.1) is 13.7 Å². The molecule has 0 bridgehead atoms. The lowest BCUT2D eigenvalue weighted by molar-refractivity contribution is 0.415. The van der Waals surface area contributed by atoms with E-state index >= 15 is 0 Å². The fourth-order valence-corrected chi connectivity index (χ4v) is 2.39. The zero-order valence-corrected chi connectivity index (χ0v) is 12.2. The predicted octanol–water partition coefficient (Wildman–Crippen LogP) is 2.54. The number of hydrogen-bond acceptors (Lipinski definition) is 6. The second-order valence-corrected chi connectivity index (χ2v) is 5.25. The number of aromatic nitrogens is 4. The molecule has 3 rings (SSSR count). The molecule has 0 aliphatic rings. The van der Waals surface area contributed by atoms with Crippen molar-refractivity contribution in [1.82, 2.24) is 20.0 Å². The first kappa shape index (κ1) is 13.4. The molecule has 0 radical (unpaired) electrons. The van der Waals surface area contributed by atoms with Crippen molar-refractivity contribution in [3.05, 3.63) is 53.3 Å². The van der Waals surface area contributed by atoms with Crippen molar-refractivity contribution >= 4 is 22.7 Å². The van der Waals surface area contributed by atoms with Gasteiger partial charge in [-0.05, 0) is 35.9 Å². The minimum absolute atomic E-state index is 0.614. The van der Waals surface area contributed by atoms with Crippen LogP contribution in [0.1, 0.15) is 10.6 Å². The third-order valence-corrected chi connectivity index (χ3v) is 3.57. The zero-order valence-electron chi connectivity index (χ0n) is 11.4. The molecule has 21 heavy (non-hydrogen) atoms. The lowest BCUT2D eigenvalue weighted by Gasteiger charge is -1.98. The number of aliphatic imine (C=N–C) groups is 1. The average Bonchev–Trinajstić information content (AvgIpc) is 3.18. The van der Waals surface area contributed by atoms with E-state index in [2.05, 4.69) is 20.3 Å². The number of ether oxygens (including phenoxy) is 1. The molecule has 0 amide bonds. The molecule has 3 aromatic rings. The standard InChI is InChI=1S/C14H13N5OS/c1-20-12-5-3-11(4-6-12)9-15-14-18-17-13(21-14)10-19-8-2-7-16-19/h2-9H,10H2,1H3/b15-9+. The average molecular weight is 299 g/mol. The molecule has 0 N–H and O–H groups in total. The summed E-state index contributed by atoms with van der Waals surface area (Å²) in [7, 11) is 1.64. The van der Waals surface area contributed by atoms with E-state index in [0.29, 0.717) is 11.7 Å². The van der Waals surface area contributed by atoms with Gasteiger partial charge in [0.25, 0.3) is 0 Å². The topological polar surface area (TPSA) is 65.2 Å². The maximum absolute atomic E-state index is 5.11. The van der Waals surface area contributed by atoms with Crippen LogP contribution in [0.2, 0.25) is 0 Å². The van der Waals surface area contributed by atoms with Crippen LogP contribution in [0.15, 0.2) is 47.7 Å². The highest BCUT2D eigenvalue weighted by Gasteiger charge is 2.03. The monoisotopic (exact) mass is 299 g/mol. The molecule has 0 spiro atoms. The molecule has 0 atom stereocenters. The van der Waals surface area contributed by atoms with E-state index < -0.39 is 0 Å². The summed E-state index contributed by atoms with van der Waals surface area (Å²) < 4.78 is 6.92. The van der Waals surface area contributed by atoms with Gasteiger partial charge in [-0.25, -0.2) is 4.99 Å². The highest BCUT2D eigenvalue weighted by Crippen LogP contribution is 2.19. The van der Waals surface area contributed by atoms with Crippen LogP contribution in [0.3, 0.4) is 0 Å². The van der Waals surface area contributed by atoms with E-state index in [9.17, 15) is 0 Å². The summed E-state index contributed by atoms with van der Waals surface area (Å²) in [5.41, 5.74) is 0.986. The van der Waals surface area contributed by atoms with Crippen molar-refractivity contribution in [1.29, 1.82) is 0 Å². The van der Waals surface area contributed by atoms with E-state index in [1.807, 2.05) is 36.5 Å². The van der Waals surface area contributed by atoms with E-state index in [-0.39, 0.29) is 0 Å². The van der Waals surface area contributed by atoms with Crippen molar-refractivity contribution in [3.63, 3.8) is 0 Å². The fourth-order valence-electron chi connectivity index (χ4n) is 1.71. The Labute approximate surface area is 125 Å². The molecular weight excluding hydrogens is 286 g/mol. The maximum atomic E-state index is 5.11. The molecule has 6 nitrogen and oxygen atoms in total. The molecule has 2 aromatic heterocycles. The molecule has 0 fully saturated rings. The lowest BCUT2D eigenvalue weighted by Crippen LogP contribution is -1.98. The van der Waals surface area contributed by atoms with Gasteiger partial charge in [-0.2, -0.15) is 5.10 Å². The second kappa shape index (κ2) is 6.27. The normalized spacial score (nSPS) is 11.1. The molecule has 0 unspecified atom stereocenters. The van der Waals surface area contributed by atoms with Crippen LogP contribution in [-0.2, 0) is 6.54 Å². The SMILES string of the molecule is COc1ccc(/C=N/c2nnc(Cn3cccn3)s2)cc1. The molecular formula is C14H13N5OS. The number of methoxy groups -OCH3 is 1. The van der Waals surface area contributed by atoms with Gasteiger partial charge in [0.2, 0.25) is 5.13 Å². The van der Waals surface area contributed by atoms with Crippen LogP contribution in [0.25, 0.3) is 0 Å². The van der Waals surface area contributed by atoms with Gasteiger partial charge in [-0.3, -0.25) is 4.68 Å². The first-order valence-electron chi connectivity index (χ1n) is 6.31. The van der Waals surface area contributed by atoms with Crippen LogP contribution in [0.5, 0.6) is 5.75 Å². The van der Waals surface area contributed by atoms with E-state index in [1.54, 1.807) is 24.2 Å².